The molecule has 25 heavy (non-hydrogen) atoms. The summed E-state index contributed by atoms with van der Waals surface area (Å²) in [5.41, 5.74) is 1.18. The summed E-state index contributed by atoms with van der Waals surface area (Å²) in [5.74, 6) is -0.895. The molecule has 0 radical (unpaired) electrons. The van der Waals surface area contributed by atoms with E-state index >= 15 is 0 Å². The minimum absolute atomic E-state index is 0.0126. The SMILES string of the molecule is C=CCN1C(=O)NC(=O)/C(=C\c2cnc(-c3ccccc3)nc2)C1=O. The maximum Gasteiger partial charge on any atom is 0.331 e. The van der Waals surface area contributed by atoms with Crippen LogP contribution in [-0.2, 0) is 9.59 Å². The molecule has 0 saturated carbocycles. The van der Waals surface area contributed by atoms with Crippen LogP contribution in [0.3, 0.4) is 0 Å². The molecule has 1 aromatic carbocycles. The van der Waals surface area contributed by atoms with E-state index in [0.29, 0.717) is 11.4 Å². The highest BCUT2D eigenvalue weighted by Crippen LogP contribution is 2.16. The zero-order chi connectivity index (χ0) is 17.8. The maximum absolute atomic E-state index is 12.3. The Labute approximate surface area is 143 Å². The van der Waals surface area contributed by atoms with Crippen molar-refractivity contribution in [3.05, 3.63) is 66.5 Å². The van der Waals surface area contributed by atoms with Crippen molar-refractivity contribution in [2.24, 2.45) is 0 Å². The quantitative estimate of drug-likeness (QED) is 0.523. The largest absolute Gasteiger partial charge is 0.331 e. The number of barbiturate groups is 1. The molecular weight excluding hydrogens is 320 g/mol. The first kappa shape index (κ1) is 16.3. The van der Waals surface area contributed by atoms with Gasteiger partial charge in [-0.3, -0.25) is 19.8 Å². The van der Waals surface area contributed by atoms with Gasteiger partial charge < -0.3 is 0 Å². The molecule has 2 heterocycles. The highest BCUT2D eigenvalue weighted by molar-refractivity contribution is 6.31. The number of nitrogens with one attached hydrogen (secondary N) is 1. The van der Waals surface area contributed by atoms with Gasteiger partial charge >= 0.3 is 6.03 Å². The third-order valence-corrected chi connectivity index (χ3v) is 3.51. The Morgan fingerprint density at radius 3 is 2.40 bits per heavy atom. The van der Waals surface area contributed by atoms with Gasteiger partial charge in [0.15, 0.2) is 5.82 Å². The fourth-order valence-electron chi connectivity index (χ4n) is 2.30. The summed E-state index contributed by atoms with van der Waals surface area (Å²) >= 11 is 0. The molecule has 1 N–H and O–H groups in total. The van der Waals surface area contributed by atoms with Crippen molar-refractivity contribution in [3.63, 3.8) is 0 Å². The molecule has 0 bridgehead atoms. The normalized spacial score (nSPS) is 16.1. The van der Waals surface area contributed by atoms with Crippen molar-refractivity contribution in [2.45, 2.75) is 0 Å². The molecule has 1 saturated heterocycles. The second-order valence-corrected chi connectivity index (χ2v) is 5.23. The van der Waals surface area contributed by atoms with Crippen molar-refractivity contribution in [1.29, 1.82) is 0 Å². The average molecular weight is 334 g/mol. The van der Waals surface area contributed by atoms with Crippen molar-refractivity contribution >= 4 is 23.9 Å². The summed E-state index contributed by atoms with van der Waals surface area (Å²) in [4.78, 5) is 45.3. The van der Waals surface area contributed by atoms with E-state index in [0.717, 1.165) is 10.5 Å². The minimum atomic E-state index is -0.761. The van der Waals surface area contributed by atoms with Gasteiger partial charge in [-0.15, -0.1) is 6.58 Å². The molecule has 0 unspecified atom stereocenters. The number of amides is 4. The lowest BCUT2D eigenvalue weighted by Gasteiger charge is -2.25. The van der Waals surface area contributed by atoms with E-state index < -0.39 is 17.8 Å². The van der Waals surface area contributed by atoms with Crippen molar-refractivity contribution < 1.29 is 14.4 Å². The lowest BCUT2D eigenvalue weighted by Crippen LogP contribution is -2.54. The number of imide groups is 2. The lowest BCUT2D eigenvalue weighted by molar-refractivity contribution is -0.129. The van der Waals surface area contributed by atoms with Crippen LogP contribution in [0.1, 0.15) is 5.56 Å². The Kier molecular flexibility index (Phi) is 4.47. The van der Waals surface area contributed by atoms with Gasteiger partial charge in [0, 0.05) is 30.1 Å². The van der Waals surface area contributed by atoms with Crippen LogP contribution in [0, 0.1) is 0 Å². The van der Waals surface area contributed by atoms with Gasteiger partial charge in [0.2, 0.25) is 0 Å². The average Bonchev–Trinajstić information content (AvgIpc) is 2.63. The standard InChI is InChI=1S/C18H14N4O3/c1-2-8-22-17(24)14(16(23)21-18(22)25)9-12-10-19-15(20-11-12)13-6-4-3-5-7-13/h2-7,9-11H,1,8H2,(H,21,23,25)/b14-9+. The summed E-state index contributed by atoms with van der Waals surface area (Å²) in [6.07, 6.45) is 5.78. The molecule has 3 rings (SSSR count). The predicted octanol–water partition coefficient (Wildman–Crippen LogP) is 1.79. The highest BCUT2D eigenvalue weighted by atomic mass is 16.2. The zero-order valence-electron chi connectivity index (χ0n) is 13.2. The number of carbonyl (C=O) groups excluding carboxylic acids is 3. The molecule has 7 heteroatoms. The number of aromatic nitrogens is 2. The van der Waals surface area contributed by atoms with E-state index in [1.165, 1.54) is 24.5 Å². The first-order valence-electron chi connectivity index (χ1n) is 7.47. The summed E-state index contributed by atoms with van der Waals surface area (Å²) in [7, 11) is 0. The Hall–Kier alpha value is -3.61. The zero-order valence-corrected chi connectivity index (χ0v) is 13.2. The third-order valence-electron chi connectivity index (χ3n) is 3.51. The Morgan fingerprint density at radius 2 is 1.76 bits per heavy atom. The summed E-state index contributed by atoms with van der Waals surface area (Å²) < 4.78 is 0. The van der Waals surface area contributed by atoms with Gasteiger partial charge in [-0.1, -0.05) is 36.4 Å². The van der Waals surface area contributed by atoms with E-state index in [9.17, 15) is 14.4 Å². The molecular formula is C18H14N4O3. The first-order valence-corrected chi connectivity index (χ1v) is 7.47. The van der Waals surface area contributed by atoms with Gasteiger partial charge in [-0.2, -0.15) is 0 Å². The van der Waals surface area contributed by atoms with E-state index in [1.54, 1.807) is 0 Å². The molecule has 0 spiro atoms. The number of benzene rings is 1. The van der Waals surface area contributed by atoms with Crippen LogP contribution in [0.2, 0.25) is 0 Å². The topological polar surface area (TPSA) is 92.3 Å². The molecule has 2 aromatic rings. The second-order valence-electron chi connectivity index (χ2n) is 5.23. The van der Waals surface area contributed by atoms with Crippen LogP contribution in [0.4, 0.5) is 4.79 Å². The Balaban J connectivity index is 1.88. The van der Waals surface area contributed by atoms with E-state index in [1.807, 2.05) is 30.3 Å². The molecule has 4 amide bonds. The van der Waals surface area contributed by atoms with E-state index in [-0.39, 0.29) is 12.1 Å². The number of hydrogen-bond acceptors (Lipinski definition) is 5. The summed E-state index contributed by atoms with van der Waals surface area (Å²) in [5, 5.41) is 2.12. The van der Waals surface area contributed by atoms with Gasteiger partial charge in [-0.25, -0.2) is 14.8 Å². The van der Waals surface area contributed by atoms with Crippen LogP contribution in [0.15, 0.2) is 61.0 Å². The number of hydrogen-bond donors (Lipinski definition) is 1. The maximum atomic E-state index is 12.3. The van der Waals surface area contributed by atoms with Crippen molar-refractivity contribution in [3.8, 4) is 11.4 Å². The fraction of sp³-hybridized carbons (Fsp3) is 0.0556. The molecule has 1 aliphatic heterocycles. The molecule has 124 valence electrons. The minimum Gasteiger partial charge on any atom is -0.273 e. The fourth-order valence-corrected chi connectivity index (χ4v) is 2.30. The van der Waals surface area contributed by atoms with E-state index in [4.69, 9.17) is 0 Å². The molecule has 0 atom stereocenters. The van der Waals surface area contributed by atoms with Crippen LogP contribution < -0.4 is 5.32 Å². The van der Waals surface area contributed by atoms with Gasteiger partial charge in [0.05, 0.1) is 0 Å². The first-order chi connectivity index (χ1) is 12.1. The van der Waals surface area contributed by atoms with Gasteiger partial charge in [0.1, 0.15) is 5.57 Å². The van der Waals surface area contributed by atoms with Crippen LogP contribution in [0.25, 0.3) is 17.5 Å². The molecule has 1 aliphatic rings. The van der Waals surface area contributed by atoms with Crippen LogP contribution >= 0.6 is 0 Å². The van der Waals surface area contributed by atoms with Gasteiger partial charge in [0.25, 0.3) is 11.8 Å². The third kappa shape index (κ3) is 3.35. The number of urea groups is 1. The van der Waals surface area contributed by atoms with Crippen molar-refractivity contribution in [2.75, 3.05) is 6.54 Å². The van der Waals surface area contributed by atoms with Crippen LogP contribution in [0.5, 0.6) is 0 Å². The summed E-state index contributed by atoms with van der Waals surface area (Å²) in [6, 6.07) is 8.65. The Morgan fingerprint density at radius 1 is 1.08 bits per heavy atom. The number of carbonyl (C=O) groups is 3. The monoisotopic (exact) mass is 334 g/mol. The summed E-state index contributed by atoms with van der Waals surface area (Å²) in [6.45, 7) is 3.50. The highest BCUT2D eigenvalue weighted by Gasteiger charge is 2.34. The number of rotatable bonds is 4. The Bertz CT molecular complexity index is 873. The second kappa shape index (κ2) is 6.88. The molecule has 0 aliphatic carbocycles. The van der Waals surface area contributed by atoms with Gasteiger partial charge in [-0.05, 0) is 6.08 Å². The molecule has 7 nitrogen and oxygen atoms in total. The lowest BCUT2D eigenvalue weighted by atomic mass is 10.1. The molecule has 1 fully saturated rings. The smallest absolute Gasteiger partial charge is 0.273 e. The predicted molar refractivity (Wildman–Crippen MR) is 90.9 cm³/mol. The van der Waals surface area contributed by atoms with E-state index in [2.05, 4.69) is 21.9 Å². The number of nitrogens with zero attached hydrogens (tertiary/aromatic N) is 3. The van der Waals surface area contributed by atoms with Crippen molar-refractivity contribution in [1.82, 2.24) is 20.2 Å². The molecule has 1 aromatic heterocycles. The van der Waals surface area contributed by atoms with Crippen LogP contribution in [-0.4, -0.2) is 39.3 Å².